The van der Waals surface area contributed by atoms with Gasteiger partial charge in [-0.15, -0.1) is 0 Å². The van der Waals surface area contributed by atoms with E-state index in [2.05, 4.69) is 0 Å². The van der Waals surface area contributed by atoms with Crippen molar-refractivity contribution < 1.29 is 35.1 Å². The van der Waals surface area contributed by atoms with Gasteiger partial charge in [-0.3, -0.25) is 4.79 Å². The van der Waals surface area contributed by atoms with Crippen LogP contribution in [0.15, 0.2) is 42.5 Å². The number of benzene rings is 2. The van der Waals surface area contributed by atoms with Gasteiger partial charge in [-0.05, 0) is 47.4 Å². The Morgan fingerprint density at radius 3 is 2.48 bits per heavy atom. The molecule has 1 saturated heterocycles. The van der Waals surface area contributed by atoms with Crippen LogP contribution in [-0.2, 0) is 16.0 Å². The number of aromatic hydroxyl groups is 1. The maximum absolute atomic E-state index is 11.8. The van der Waals surface area contributed by atoms with E-state index in [1.165, 1.54) is 23.1 Å². The lowest BCUT2D eigenvalue weighted by molar-refractivity contribution is -0.231. The minimum Gasteiger partial charge on any atom is -0.507 e. The van der Waals surface area contributed by atoms with Crippen LogP contribution in [0.5, 0.6) is 5.75 Å². The topological polar surface area (TPSA) is 131 Å². The first kappa shape index (κ1) is 25.2. The molecule has 0 spiro atoms. The summed E-state index contributed by atoms with van der Waals surface area (Å²) in [6.45, 7) is -0.512. The van der Waals surface area contributed by atoms with E-state index in [1.54, 1.807) is 44.4 Å². The van der Waals surface area contributed by atoms with Crippen LogP contribution in [0.3, 0.4) is 0 Å². The second kappa shape index (κ2) is 10.6. The van der Waals surface area contributed by atoms with Crippen LogP contribution < -0.4 is 0 Å². The zero-order chi connectivity index (χ0) is 24.3. The van der Waals surface area contributed by atoms with Gasteiger partial charge in [0.2, 0.25) is 5.91 Å². The molecule has 0 aliphatic carbocycles. The molecule has 1 heterocycles. The van der Waals surface area contributed by atoms with Gasteiger partial charge in [0, 0.05) is 30.8 Å². The molecular weight excluding hydrogens is 450 g/mol. The molecule has 1 amide bonds. The quantitative estimate of drug-likeness (QED) is 0.396. The Hall–Kier alpha value is -2.46. The molecule has 0 radical (unpaired) electrons. The van der Waals surface area contributed by atoms with Gasteiger partial charge in [-0.25, -0.2) is 0 Å². The summed E-state index contributed by atoms with van der Waals surface area (Å²) in [5.41, 5.74) is 2.53. The van der Waals surface area contributed by atoms with E-state index in [0.29, 0.717) is 28.1 Å². The minimum atomic E-state index is -1.48. The lowest BCUT2D eigenvalue weighted by Crippen LogP contribution is -2.55. The van der Waals surface area contributed by atoms with Crippen molar-refractivity contribution in [3.8, 4) is 5.75 Å². The van der Waals surface area contributed by atoms with Crippen molar-refractivity contribution in [1.29, 1.82) is 0 Å². The molecule has 33 heavy (non-hydrogen) atoms. The summed E-state index contributed by atoms with van der Waals surface area (Å²) in [5.74, 6) is -0.183. The summed E-state index contributed by atoms with van der Waals surface area (Å²) in [5, 5.41) is 50.6. The Kier molecular flexibility index (Phi) is 8.12. The Morgan fingerprint density at radius 2 is 1.82 bits per heavy atom. The summed E-state index contributed by atoms with van der Waals surface area (Å²) < 4.78 is 5.64. The summed E-state index contributed by atoms with van der Waals surface area (Å²) in [4.78, 5) is 13.2. The van der Waals surface area contributed by atoms with Crippen LogP contribution >= 0.6 is 11.6 Å². The van der Waals surface area contributed by atoms with E-state index >= 15 is 0 Å². The molecule has 2 aromatic carbocycles. The highest BCUT2D eigenvalue weighted by molar-refractivity contribution is 6.31. The number of hydrogen-bond acceptors (Lipinski definition) is 7. The second-order valence-electron chi connectivity index (χ2n) is 8.24. The molecule has 8 nitrogen and oxygen atoms in total. The van der Waals surface area contributed by atoms with Gasteiger partial charge in [0.25, 0.3) is 0 Å². The number of carbonyl (C=O) groups excluding carboxylic acids is 1. The third-order valence-corrected chi connectivity index (χ3v) is 5.99. The average Bonchev–Trinajstić information content (AvgIpc) is 2.79. The zero-order valence-corrected chi connectivity index (χ0v) is 19.1. The van der Waals surface area contributed by atoms with Gasteiger partial charge in [0.05, 0.1) is 6.61 Å². The van der Waals surface area contributed by atoms with E-state index in [4.69, 9.17) is 16.3 Å². The highest BCUT2D eigenvalue weighted by Gasteiger charge is 2.44. The standard InChI is InChI=1S/C24H28ClNO7/c1-26(2)20(29)8-5-14-9-13(3-7-18(14)28)10-16-11-15(4-6-17(16)25)24-23(32)22(31)21(30)19(12-27)33-24/h3-9,11,19,21-24,27-28,30-32H,10,12H2,1-2H3/t19-,21-,22+,23-,24+/m1/s1. The number of amides is 1. The first-order valence-corrected chi connectivity index (χ1v) is 10.8. The molecule has 0 saturated carbocycles. The fraction of sp³-hybridized carbons (Fsp3) is 0.375. The van der Waals surface area contributed by atoms with Crippen molar-refractivity contribution >= 4 is 23.6 Å². The molecule has 0 unspecified atom stereocenters. The average molecular weight is 478 g/mol. The molecule has 9 heteroatoms. The van der Waals surface area contributed by atoms with Crippen molar-refractivity contribution in [3.05, 3.63) is 69.8 Å². The summed E-state index contributed by atoms with van der Waals surface area (Å²) in [6.07, 6.45) is -3.00. The van der Waals surface area contributed by atoms with E-state index in [0.717, 1.165) is 5.56 Å². The van der Waals surface area contributed by atoms with E-state index < -0.39 is 37.1 Å². The number of phenolic OH excluding ortho intramolecular Hbond substituents is 1. The van der Waals surface area contributed by atoms with Crippen molar-refractivity contribution in [3.63, 3.8) is 0 Å². The van der Waals surface area contributed by atoms with Gasteiger partial charge >= 0.3 is 0 Å². The predicted octanol–water partition coefficient (Wildman–Crippen LogP) is 1.25. The molecule has 3 rings (SSSR count). The largest absolute Gasteiger partial charge is 0.507 e. The van der Waals surface area contributed by atoms with Crippen molar-refractivity contribution in [1.82, 2.24) is 4.90 Å². The third-order valence-electron chi connectivity index (χ3n) is 5.62. The molecule has 1 fully saturated rings. The van der Waals surface area contributed by atoms with E-state index in [-0.39, 0.29) is 11.7 Å². The molecule has 5 N–H and O–H groups in total. The number of aliphatic hydroxyl groups excluding tert-OH is 4. The summed E-state index contributed by atoms with van der Waals surface area (Å²) in [6, 6.07) is 10.0. The molecule has 1 aliphatic heterocycles. The van der Waals surface area contributed by atoms with Crippen LogP contribution in [0.2, 0.25) is 5.02 Å². The third kappa shape index (κ3) is 5.73. The summed E-state index contributed by atoms with van der Waals surface area (Å²) >= 11 is 6.39. The molecule has 0 bridgehead atoms. The minimum absolute atomic E-state index is 0.0303. The SMILES string of the molecule is CN(C)C(=O)C=Cc1cc(Cc2cc([C@@H]3O[C@H](CO)[C@@H](O)[C@H](O)[C@H]3O)ccc2Cl)ccc1O. The maximum Gasteiger partial charge on any atom is 0.246 e. The normalized spacial score (nSPS) is 25.4. The van der Waals surface area contributed by atoms with E-state index in [1.807, 2.05) is 0 Å². The van der Waals surface area contributed by atoms with Gasteiger partial charge in [0.1, 0.15) is 36.3 Å². The molecular formula is C24H28ClNO7. The number of hydrogen-bond donors (Lipinski definition) is 5. The number of likely N-dealkylation sites (N-methyl/N-ethyl adjacent to an activating group) is 1. The van der Waals surface area contributed by atoms with Crippen LogP contribution in [0.1, 0.15) is 28.4 Å². The predicted molar refractivity (Wildman–Crippen MR) is 123 cm³/mol. The number of aliphatic hydroxyl groups is 4. The smallest absolute Gasteiger partial charge is 0.246 e. The monoisotopic (exact) mass is 477 g/mol. The Morgan fingerprint density at radius 1 is 1.09 bits per heavy atom. The van der Waals surface area contributed by atoms with Crippen molar-refractivity contribution in [2.75, 3.05) is 20.7 Å². The molecule has 0 aromatic heterocycles. The number of nitrogens with zero attached hydrogens (tertiary/aromatic N) is 1. The number of ether oxygens (including phenoxy) is 1. The Labute approximate surface area is 196 Å². The Balaban J connectivity index is 1.86. The van der Waals surface area contributed by atoms with Crippen LogP contribution in [-0.4, -0.2) is 81.5 Å². The Bertz CT molecular complexity index is 1020. The first-order chi connectivity index (χ1) is 15.6. The van der Waals surface area contributed by atoms with Crippen molar-refractivity contribution in [2.24, 2.45) is 0 Å². The molecule has 1 aliphatic rings. The fourth-order valence-electron chi connectivity index (χ4n) is 3.66. The van der Waals surface area contributed by atoms with Crippen LogP contribution in [0, 0.1) is 0 Å². The second-order valence-corrected chi connectivity index (χ2v) is 8.64. The van der Waals surface area contributed by atoms with Crippen molar-refractivity contribution in [2.45, 2.75) is 36.9 Å². The molecule has 178 valence electrons. The number of carbonyl (C=O) groups is 1. The van der Waals surface area contributed by atoms with Gasteiger partial charge in [-0.1, -0.05) is 29.8 Å². The number of rotatable bonds is 6. The molecule has 2 aromatic rings. The highest BCUT2D eigenvalue weighted by Crippen LogP contribution is 2.34. The lowest BCUT2D eigenvalue weighted by atomic mass is 9.90. The first-order valence-electron chi connectivity index (χ1n) is 10.4. The van der Waals surface area contributed by atoms with Gasteiger partial charge < -0.3 is 35.2 Å². The van der Waals surface area contributed by atoms with Gasteiger partial charge in [-0.2, -0.15) is 0 Å². The summed E-state index contributed by atoms with van der Waals surface area (Å²) in [7, 11) is 3.26. The van der Waals surface area contributed by atoms with Crippen LogP contribution in [0.4, 0.5) is 0 Å². The van der Waals surface area contributed by atoms with Gasteiger partial charge in [0.15, 0.2) is 0 Å². The zero-order valence-electron chi connectivity index (χ0n) is 18.3. The number of phenols is 1. The number of halogens is 1. The lowest BCUT2D eigenvalue weighted by Gasteiger charge is -2.40. The maximum atomic E-state index is 11.8. The highest BCUT2D eigenvalue weighted by atomic mass is 35.5. The molecule has 5 atom stereocenters. The van der Waals surface area contributed by atoms with Crippen LogP contribution in [0.25, 0.3) is 6.08 Å². The van der Waals surface area contributed by atoms with E-state index in [9.17, 15) is 30.3 Å². The fourth-order valence-corrected chi connectivity index (χ4v) is 3.85.